The number of fused-ring (bicyclic) bond motifs is 1. The zero-order valence-corrected chi connectivity index (χ0v) is 16.2. The van der Waals surface area contributed by atoms with Crippen molar-refractivity contribution in [3.63, 3.8) is 0 Å². The topological polar surface area (TPSA) is 112 Å². The number of halogens is 1. The molecule has 0 aliphatic heterocycles. The minimum atomic E-state index is -0.466. The second-order valence-electron chi connectivity index (χ2n) is 6.07. The van der Waals surface area contributed by atoms with Crippen molar-refractivity contribution in [3.05, 3.63) is 65.9 Å². The van der Waals surface area contributed by atoms with Crippen molar-refractivity contribution in [2.24, 2.45) is 10.7 Å². The summed E-state index contributed by atoms with van der Waals surface area (Å²) in [5.41, 5.74) is 8.36. The van der Waals surface area contributed by atoms with E-state index < -0.39 is 5.91 Å². The molecule has 3 aromatic rings. The molecule has 7 nitrogen and oxygen atoms in total. The number of aromatic nitrogens is 1. The van der Waals surface area contributed by atoms with E-state index in [1.54, 1.807) is 25.2 Å². The molecule has 0 atom stereocenters. The van der Waals surface area contributed by atoms with Gasteiger partial charge in [-0.15, -0.1) is 12.4 Å². The monoisotopic (exact) mass is 399 g/mol. The molecule has 0 aliphatic rings. The third-order valence-electron chi connectivity index (χ3n) is 4.10. The van der Waals surface area contributed by atoms with Gasteiger partial charge in [0, 0.05) is 30.1 Å². The minimum absolute atomic E-state index is 0. The molecule has 1 heterocycles. The Bertz CT molecular complexity index is 998. The van der Waals surface area contributed by atoms with Crippen molar-refractivity contribution >= 4 is 46.8 Å². The number of nitrogens with zero attached hydrogens (tertiary/aromatic N) is 1. The first kappa shape index (κ1) is 21.0. The number of anilines is 1. The lowest BCUT2D eigenvalue weighted by Gasteiger charge is -2.05. The summed E-state index contributed by atoms with van der Waals surface area (Å²) in [5.74, 6) is -0.482. The van der Waals surface area contributed by atoms with E-state index in [0.29, 0.717) is 24.2 Å². The maximum absolute atomic E-state index is 12.2. The predicted molar refractivity (Wildman–Crippen MR) is 114 cm³/mol. The van der Waals surface area contributed by atoms with Crippen LogP contribution in [-0.2, 0) is 11.2 Å². The Morgan fingerprint density at radius 1 is 1.11 bits per heavy atom. The van der Waals surface area contributed by atoms with E-state index in [1.807, 2.05) is 36.4 Å². The lowest BCUT2D eigenvalue weighted by molar-refractivity contribution is -0.116. The number of H-pyrrole nitrogens is 1. The Balaban J connectivity index is 0.00000280. The van der Waals surface area contributed by atoms with Gasteiger partial charge in [-0.3, -0.25) is 9.59 Å². The molecule has 0 bridgehead atoms. The highest BCUT2D eigenvalue weighted by Gasteiger charge is 2.10. The summed E-state index contributed by atoms with van der Waals surface area (Å²) in [4.78, 5) is 31.0. The number of aromatic amines is 1. The molecule has 1 aromatic heterocycles. The molecule has 0 fully saturated rings. The number of nitrogens with two attached hydrogens (primary N) is 1. The first-order valence-corrected chi connectivity index (χ1v) is 8.58. The van der Waals surface area contributed by atoms with Gasteiger partial charge in [-0.1, -0.05) is 36.4 Å². The maximum Gasteiger partial charge on any atom is 0.296 e. The van der Waals surface area contributed by atoms with Gasteiger partial charge >= 0.3 is 0 Å². The summed E-state index contributed by atoms with van der Waals surface area (Å²) in [6.45, 7) is 0. The Morgan fingerprint density at radius 2 is 1.86 bits per heavy atom. The summed E-state index contributed by atoms with van der Waals surface area (Å²) in [7, 11) is 1.59. The average Bonchev–Trinajstić information content (AvgIpc) is 3.10. The van der Waals surface area contributed by atoms with Gasteiger partial charge in [0.05, 0.1) is 0 Å². The van der Waals surface area contributed by atoms with Crippen LogP contribution in [0.3, 0.4) is 0 Å². The number of hydrogen-bond donors (Lipinski definition) is 4. The van der Waals surface area contributed by atoms with Crippen LogP contribution in [0.5, 0.6) is 0 Å². The number of carbonyl (C=O) groups excluding carboxylic acids is 2. The second kappa shape index (κ2) is 9.57. The van der Waals surface area contributed by atoms with E-state index in [4.69, 9.17) is 5.73 Å². The SMILES string of the molecule is CNC(N)=NC(=O)c1cc2ccc(NC(=O)CCc3ccccc3)cc2[nH]1.Cl. The fourth-order valence-electron chi connectivity index (χ4n) is 2.67. The van der Waals surface area contributed by atoms with Gasteiger partial charge in [0.1, 0.15) is 5.69 Å². The van der Waals surface area contributed by atoms with Gasteiger partial charge in [0.25, 0.3) is 5.91 Å². The Morgan fingerprint density at radius 3 is 2.57 bits per heavy atom. The number of guanidine groups is 1. The molecule has 2 aromatic carbocycles. The number of hydrogen-bond acceptors (Lipinski definition) is 2. The predicted octanol–water partition coefficient (Wildman–Crippen LogP) is 2.84. The Hall–Kier alpha value is -3.32. The van der Waals surface area contributed by atoms with E-state index in [1.165, 1.54) is 0 Å². The van der Waals surface area contributed by atoms with Crippen LogP contribution < -0.4 is 16.4 Å². The molecule has 0 saturated heterocycles. The van der Waals surface area contributed by atoms with Gasteiger partial charge < -0.3 is 21.4 Å². The smallest absolute Gasteiger partial charge is 0.296 e. The molecule has 3 rings (SSSR count). The number of benzene rings is 2. The maximum atomic E-state index is 12.2. The third-order valence-corrected chi connectivity index (χ3v) is 4.10. The highest BCUT2D eigenvalue weighted by molar-refractivity contribution is 6.04. The van der Waals surface area contributed by atoms with Crippen molar-refractivity contribution in [2.75, 3.05) is 12.4 Å². The van der Waals surface area contributed by atoms with Crippen LogP contribution in [0.15, 0.2) is 59.6 Å². The zero-order valence-electron chi connectivity index (χ0n) is 15.4. The fourth-order valence-corrected chi connectivity index (χ4v) is 2.67. The van der Waals surface area contributed by atoms with Crippen LogP contribution in [0.4, 0.5) is 5.69 Å². The molecule has 0 saturated carbocycles. The minimum Gasteiger partial charge on any atom is -0.370 e. The van der Waals surface area contributed by atoms with Crippen LogP contribution in [0.25, 0.3) is 10.9 Å². The Kier molecular flexibility index (Phi) is 7.17. The van der Waals surface area contributed by atoms with Crippen LogP contribution in [-0.4, -0.2) is 29.8 Å². The summed E-state index contributed by atoms with van der Waals surface area (Å²) in [5, 5.41) is 6.33. The molecule has 146 valence electrons. The van der Waals surface area contributed by atoms with Crippen molar-refractivity contribution < 1.29 is 9.59 Å². The summed E-state index contributed by atoms with van der Waals surface area (Å²) >= 11 is 0. The molecule has 0 aliphatic carbocycles. The lowest BCUT2D eigenvalue weighted by Crippen LogP contribution is -2.28. The van der Waals surface area contributed by atoms with Crippen LogP contribution in [0.1, 0.15) is 22.5 Å². The molecule has 0 radical (unpaired) electrons. The lowest BCUT2D eigenvalue weighted by atomic mass is 10.1. The van der Waals surface area contributed by atoms with Crippen molar-refractivity contribution in [1.82, 2.24) is 10.3 Å². The van der Waals surface area contributed by atoms with Crippen LogP contribution in [0, 0.1) is 0 Å². The van der Waals surface area contributed by atoms with Crippen molar-refractivity contribution in [2.45, 2.75) is 12.8 Å². The van der Waals surface area contributed by atoms with Gasteiger partial charge in [-0.25, -0.2) is 0 Å². The second-order valence-corrected chi connectivity index (χ2v) is 6.07. The standard InChI is InChI=1S/C20H21N5O2.ClH/c1-22-20(21)25-19(27)17-11-14-8-9-15(12-16(14)24-17)23-18(26)10-7-13-5-3-2-4-6-13;/h2-6,8-9,11-12,24H,7,10H2,1H3,(H,23,26)(H3,21,22,25,27);1H. The number of nitrogens with one attached hydrogen (secondary N) is 3. The number of amides is 2. The van der Waals surface area contributed by atoms with Gasteiger partial charge in [-0.05, 0) is 30.2 Å². The van der Waals surface area contributed by atoms with E-state index in [0.717, 1.165) is 16.5 Å². The molecule has 28 heavy (non-hydrogen) atoms. The molecule has 5 N–H and O–H groups in total. The third kappa shape index (κ3) is 5.34. The number of rotatable bonds is 5. The normalized spacial score (nSPS) is 11.0. The fraction of sp³-hybridized carbons (Fsp3) is 0.150. The summed E-state index contributed by atoms with van der Waals surface area (Å²) < 4.78 is 0. The van der Waals surface area contributed by atoms with Crippen molar-refractivity contribution in [1.29, 1.82) is 0 Å². The summed E-state index contributed by atoms with van der Waals surface area (Å²) in [6.07, 6.45) is 1.08. The van der Waals surface area contributed by atoms with Gasteiger partial charge in [0.2, 0.25) is 5.91 Å². The quantitative estimate of drug-likeness (QED) is 0.390. The van der Waals surface area contributed by atoms with Crippen molar-refractivity contribution in [3.8, 4) is 0 Å². The largest absolute Gasteiger partial charge is 0.370 e. The number of carbonyl (C=O) groups is 2. The Labute approximate surface area is 168 Å². The zero-order chi connectivity index (χ0) is 19.2. The molecule has 0 spiro atoms. The van der Waals surface area contributed by atoms with E-state index in [-0.39, 0.29) is 24.3 Å². The number of aryl methyl sites for hydroxylation is 1. The molecular formula is C20H22ClN5O2. The molecular weight excluding hydrogens is 378 g/mol. The van der Waals surface area contributed by atoms with Gasteiger partial charge in [-0.2, -0.15) is 4.99 Å². The molecule has 2 amide bonds. The number of aliphatic imine (C=N–C) groups is 1. The first-order chi connectivity index (χ1) is 13.0. The van der Waals surface area contributed by atoms with Crippen LogP contribution in [0.2, 0.25) is 0 Å². The highest BCUT2D eigenvalue weighted by Crippen LogP contribution is 2.21. The van der Waals surface area contributed by atoms with Gasteiger partial charge in [0.15, 0.2) is 5.96 Å². The van der Waals surface area contributed by atoms with Crippen LogP contribution >= 0.6 is 12.4 Å². The molecule has 0 unspecified atom stereocenters. The van der Waals surface area contributed by atoms with E-state index in [2.05, 4.69) is 20.6 Å². The molecule has 8 heteroatoms. The van der Waals surface area contributed by atoms with E-state index >= 15 is 0 Å². The van der Waals surface area contributed by atoms with E-state index in [9.17, 15) is 9.59 Å². The summed E-state index contributed by atoms with van der Waals surface area (Å²) in [6, 6.07) is 17.0. The average molecular weight is 400 g/mol. The first-order valence-electron chi connectivity index (χ1n) is 8.58. The highest BCUT2D eigenvalue weighted by atomic mass is 35.5.